The van der Waals surface area contributed by atoms with Crippen LogP contribution in [0.5, 0.6) is 0 Å². The van der Waals surface area contributed by atoms with E-state index in [4.69, 9.17) is 0 Å². The van der Waals surface area contributed by atoms with Crippen molar-refractivity contribution >= 4 is 11.8 Å². The average molecular weight is 444 g/mol. The van der Waals surface area contributed by atoms with Crippen molar-refractivity contribution < 1.29 is 27.9 Å². The summed E-state index contributed by atoms with van der Waals surface area (Å²) in [4.78, 5) is 31.7. The van der Waals surface area contributed by atoms with Gasteiger partial charge >= 0.3 is 6.18 Å². The Labute approximate surface area is 180 Å². The Morgan fingerprint density at radius 2 is 1.65 bits per heavy atom. The summed E-state index contributed by atoms with van der Waals surface area (Å²) in [6.07, 6.45) is 3.65. The second-order valence-corrected chi connectivity index (χ2v) is 8.70. The van der Waals surface area contributed by atoms with Gasteiger partial charge in [-0.1, -0.05) is 32.1 Å². The van der Waals surface area contributed by atoms with E-state index in [0.717, 1.165) is 17.2 Å². The minimum absolute atomic E-state index is 0.0393. The third kappa shape index (κ3) is 5.39. The molecule has 2 heterocycles. The fourth-order valence-electron chi connectivity index (χ4n) is 4.57. The minimum Gasteiger partial charge on any atom is -0.374 e. The van der Waals surface area contributed by atoms with Gasteiger partial charge in [-0.25, -0.2) is 4.98 Å². The zero-order valence-corrected chi connectivity index (χ0v) is 17.9. The lowest BCUT2D eigenvalue weighted by molar-refractivity contribution is -0.272. The summed E-state index contributed by atoms with van der Waals surface area (Å²) in [5, 5.41) is 10.4. The normalized spacial score (nSPS) is 20.5. The van der Waals surface area contributed by atoms with Crippen LogP contribution in [0.3, 0.4) is 0 Å². The van der Waals surface area contributed by atoms with Gasteiger partial charge in [0.1, 0.15) is 0 Å². The van der Waals surface area contributed by atoms with Crippen molar-refractivity contribution in [3.05, 3.63) is 18.2 Å². The van der Waals surface area contributed by atoms with E-state index < -0.39 is 29.9 Å². The lowest BCUT2D eigenvalue weighted by Gasteiger charge is -2.37. The number of rotatable bonds is 6. The Hall–Kier alpha value is -2.10. The van der Waals surface area contributed by atoms with Crippen LogP contribution in [-0.4, -0.2) is 68.6 Å². The molecule has 10 heteroatoms. The maximum Gasteiger partial charge on any atom is 0.425 e. The number of carbonyl (C=O) groups excluding carboxylic acids is 2. The van der Waals surface area contributed by atoms with Gasteiger partial charge < -0.3 is 19.5 Å². The van der Waals surface area contributed by atoms with Crippen LogP contribution in [0.15, 0.2) is 12.4 Å². The largest absolute Gasteiger partial charge is 0.425 e. The van der Waals surface area contributed by atoms with E-state index in [1.165, 1.54) is 50.2 Å². The minimum atomic E-state index is -5.06. The predicted octanol–water partition coefficient (Wildman–Crippen LogP) is 2.59. The van der Waals surface area contributed by atoms with E-state index in [-0.39, 0.29) is 19.0 Å². The molecule has 1 unspecified atom stereocenters. The van der Waals surface area contributed by atoms with Crippen LogP contribution < -0.4 is 0 Å². The molecule has 1 aliphatic carbocycles. The van der Waals surface area contributed by atoms with E-state index in [0.29, 0.717) is 25.4 Å². The summed E-state index contributed by atoms with van der Waals surface area (Å²) in [5.74, 6) is -0.786. The van der Waals surface area contributed by atoms with Crippen molar-refractivity contribution in [2.75, 3.05) is 26.2 Å². The summed E-state index contributed by atoms with van der Waals surface area (Å²) < 4.78 is 42.0. The molecule has 0 bridgehead atoms. The molecule has 1 aromatic rings. The SMILES string of the molecule is Cn1ccnc1C(O)(CC(=O)N1CCN(C(=O)CCC2CCCCC2)CC1)C(F)(F)F. The Morgan fingerprint density at radius 3 is 2.16 bits per heavy atom. The topological polar surface area (TPSA) is 78.7 Å². The zero-order chi connectivity index (χ0) is 22.6. The molecule has 2 aliphatic rings. The molecule has 174 valence electrons. The van der Waals surface area contributed by atoms with Crippen LogP contribution in [0.1, 0.15) is 57.2 Å². The molecule has 0 radical (unpaired) electrons. The van der Waals surface area contributed by atoms with Gasteiger partial charge in [-0.15, -0.1) is 0 Å². The Balaban J connectivity index is 1.53. The van der Waals surface area contributed by atoms with Crippen molar-refractivity contribution in [3.8, 4) is 0 Å². The van der Waals surface area contributed by atoms with E-state index in [1.807, 2.05) is 0 Å². The van der Waals surface area contributed by atoms with E-state index >= 15 is 0 Å². The van der Waals surface area contributed by atoms with Gasteiger partial charge in [0.2, 0.25) is 17.4 Å². The maximum absolute atomic E-state index is 13.7. The standard InChI is InChI=1S/C21H31F3N4O3/c1-26-10-9-25-19(26)20(31,21(22,23)24)15-18(30)28-13-11-27(12-14-28)17(29)8-7-16-5-3-2-4-6-16/h9-10,16,31H,2-8,11-15H2,1H3. The summed E-state index contributed by atoms with van der Waals surface area (Å²) in [5.41, 5.74) is -3.37. The van der Waals surface area contributed by atoms with Crippen molar-refractivity contribution in [1.82, 2.24) is 19.4 Å². The number of aryl methyl sites for hydroxylation is 1. The molecule has 1 atom stereocenters. The highest BCUT2D eigenvalue weighted by Crippen LogP contribution is 2.41. The van der Waals surface area contributed by atoms with Crippen molar-refractivity contribution in [2.45, 2.75) is 63.1 Å². The van der Waals surface area contributed by atoms with Crippen LogP contribution >= 0.6 is 0 Å². The molecule has 1 N–H and O–H groups in total. The molecular weight excluding hydrogens is 413 g/mol. The Morgan fingerprint density at radius 1 is 1.06 bits per heavy atom. The number of hydrogen-bond donors (Lipinski definition) is 1. The highest BCUT2D eigenvalue weighted by atomic mass is 19.4. The highest BCUT2D eigenvalue weighted by Gasteiger charge is 2.59. The van der Waals surface area contributed by atoms with Crippen LogP contribution in [0, 0.1) is 5.92 Å². The number of amides is 2. The zero-order valence-electron chi connectivity index (χ0n) is 17.9. The number of piperazine rings is 1. The van der Waals surface area contributed by atoms with Crippen LogP contribution in [0.4, 0.5) is 13.2 Å². The number of nitrogens with zero attached hydrogens (tertiary/aromatic N) is 4. The predicted molar refractivity (Wildman–Crippen MR) is 107 cm³/mol. The first-order chi connectivity index (χ1) is 14.6. The van der Waals surface area contributed by atoms with E-state index in [2.05, 4.69) is 4.98 Å². The molecule has 2 fully saturated rings. The third-order valence-corrected chi connectivity index (χ3v) is 6.54. The number of aliphatic hydroxyl groups is 1. The number of alkyl halides is 3. The van der Waals surface area contributed by atoms with Gasteiger partial charge in [-0.3, -0.25) is 9.59 Å². The third-order valence-electron chi connectivity index (χ3n) is 6.54. The summed E-state index contributed by atoms with van der Waals surface area (Å²) in [7, 11) is 1.33. The number of aromatic nitrogens is 2. The first-order valence-corrected chi connectivity index (χ1v) is 10.9. The average Bonchev–Trinajstić information content (AvgIpc) is 3.18. The van der Waals surface area contributed by atoms with Crippen molar-refractivity contribution in [3.63, 3.8) is 0 Å². The molecule has 1 aromatic heterocycles. The molecular formula is C21H31F3N4O3. The summed E-state index contributed by atoms with van der Waals surface area (Å²) >= 11 is 0. The smallest absolute Gasteiger partial charge is 0.374 e. The molecule has 0 spiro atoms. The Kier molecular flexibility index (Phi) is 7.28. The molecule has 1 saturated carbocycles. The first kappa shape index (κ1) is 23.6. The first-order valence-electron chi connectivity index (χ1n) is 10.9. The summed E-state index contributed by atoms with van der Waals surface area (Å²) in [6.45, 7) is 0.898. The monoisotopic (exact) mass is 444 g/mol. The lowest BCUT2D eigenvalue weighted by atomic mass is 9.86. The van der Waals surface area contributed by atoms with E-state index in [9.17, 15) is 27.9 Å². The second-order valence-electron chi connectivity index (χ2n) is 8.70. The van der Waals surface area contributed by atoms with E-state index in [1.54, 1.807) is 4.90 Å². The van der Waals surface area contributed by atoms with Crippen LogP contribution in [0.2, 0.25) is 0 Å². The van der Waals surface area contributed by atoms with Gasteiger partial charge in [0.15, 0.2) is 5.82 Å². The van der Waals surface area contributed by atoms with Crippen molar-refractivity contribution in [2.24, 2.45) is 13.0 Å². The fourth-order valence-corrected chi connectivity index (χ4v) is 4.57. The number of halogens is 3. The Bertz CT molecular complexity index is 768. The van der Waals surface area contributed by atoms with Gasteiger partial charge in [-0.05, 0) is 12.3 Å². The quantitative estimate of drug-likeness (QED) is 0.732. The molecule has 1 aliphatic heterocycles. The molecule has 31 heavy (non-hydrogen) atoms. The molecule has 7 nitrogen and oxygen atoms in total. The molecule has 2 amide bonds. The maximum atomic E-state index is 13.7. The molecule has 1 saturated heterocycles. The highest BCUT2D eigenvalue weighted by molar-refractivity contribution is 5.79. The number of hydrogen-bond acceptors (Lipinski definition) is 4. The van der Waals surface area contributed by atoms with Crippen LogP contribution in [0.25, 0.3) is 0 Å². The van der Waals surface area contributed by atoms with Gasteiger partial charge in [-0.2, -0.15) is 13.2 Å². The molecule has 0 aromatic carbocycles. The molecule has 3 rings (SSSR count). The summed E-state index contributed by atoms with van der Waals surface area (Å²) in [6, 6.07) is 0. The van der Waals surface area contributed by atoms with Gasteiger partial charge in [0, 0.05) is 52.0 Å². The van der Waals surface area contributed by atoms with Gasteiger partial charge in [0.05, 0.1) is 6.42 Å². The second kappa shape index (κ2) is 9.58. The number of carbonyl (C=O) groups is 2. The fraction of sp³-hybridized carbons (Fsp3) is 0.762. The van der Waals surface area contributed by atoms with Crippen LogP contribution in [-0.2, 0) is 22.2 Å². The van der Waals surface area contributed by atoms with Crippen molar-refractivity contribution in [1.29, 1.82) is 0 Å². The lowest BCUT2D eigenvalue weighted by Crippen LogP contribution is -2.53. The van der Waals surface area contributed by atoms with Gasteiger partial charge in [0.25, 0.3) is 0 Å². The number of imidazole rings is 1.